The van der Waals surface area contributed by atoms with Gasteiger partial charge in [0.2, 0.25) is 0 Å². The Morgan fingerprint density at radius 2 is 2.14 bits per heavy atom. The Hall–Kier alpha value is -1.36. The highest BCUT2D eigenvalue weighted by Crippen LogP contribution is 2.20. The molecule has 2 heterocycles. The van der Waals surface area contributed by atoms with E-state index in [0.717, 1.165) is 32.0 Å². The molecular weight excluding hydrogens is 180 g/mol. The van der Waals surface area contributed by atoms with Crippen LogP contribution < -0.4 is 10.6 Å². The molecule has 0 bridgehead atoms. The fraction of sp³-hybridized carbons (Fsp3) is 0.556. The van der Waals surface area contributed by atoms with Crippen molar-refractivity contribution < 1.29 is 4.74 Å². The molecule has 1 aliphatic heterocycles. The van der Waals surface area contributed by atoms with Crippen molar-refractivity contribution in [3.05, 3.63) is 12.0 Å². The maximum Gasteiger partial charge on any atom is 0.150 e. The van der Waals surface area contributed by atoms with Gasteiger partial charge in [-0.3, -0.25) is 0 Å². The summed E-state index contributed by atoms with van der Waals surface area (Å²) in [6.45, 7) is 5.04. The average Bonchev–Trinajstić information content (AvgIpc) is 2.19. The third kappa shape index (κ3) is 1.77. The van der Waals surface area contributed by atoms with Gasteiger partial charge in [-0.2, -0.15) is 0 Å². The molecule has 1 aliphatic rings. The van der Waals surface area contributed by atoms with Crippen LogP contribution in [0.5, 0.6) is 0 Å². The van der Waals surface area contributed by atoms with Gasteiger partial charge in [0.15, 0.2) is 5.82 Å². The minimum absolute atomic E-state index is 0.555. The van der Waals surface area contributed by atoms with Crippen molar-refractivity contribution in [1.82, 2.24) is 9.97 Å². The summed E-state index contributed by atoms with van der Waals surface area (Å²) in [5.41, 5.74) is 6.73. The average molecular weight is 194 g/mol. The number of hydrogen-bond donors (Lipinski definition) is 1. The monoisotopic (exact) mass is 194 g/mol. The van der Waals surface area contributed by atoms with Gasteiger partial charge in [0, 0.05) is 13.1 Å². The van der Waals surface area contributed by atoms with Crippen LogP contribution in [0, 0.1) is 6.92 Å². The van der Waals surface area contributed by atoms with Gasteiger partial charge in [-0.05, 0) is 6.92 Å². The summed E-state index contributed by atoms with van der Waals surface area (Å²) in [6, 6.07) is 0. The van der Waals surface area contributed by atoms with Crippen LogP contribution in [-0.4, -0.2) is 36.3 Å². The molecule has 5 heteroatoms. The van der Waals surface area contributed by atoms with E-state index in [9.17, 15) is 0 Å². The molecule has 14 heavy (non-hydrogen) atoms. The zero-order chi connectivity index (χ0) is 9.97. The minimum Gasteiger partial charge on any atom is -0.382 e. The lowest BCUT2D eigenvalue weighted by Crippen LogP contribution is -2.36. The van der Waals surface area contributed by atoms with E-state index in [2.05, 4.69) is 14.9 Å². The van der Waals surface area contributed by atoms with Gasteiger partial charge in [0.25, 0.3) is 0 Å². The largest absolute Gasteiger partial charge is 0.382 e. The molecule has 0 unspecified atom stereocenters. The first-order chi connectivity index (χ1) is 6.77. The molecule has 0 aromatic carbocycles. The number of morpholine rings is 1. The fourth-order valence-electron chi connectivity index (χ4n) is 1.53. The highest BCUT2D eigenvalue weighted by molar-refractivity contribution is 5.62. The zero-order valence-electron chi connectivity index (χ0n) is 8.23. The molecule has 76 valence electrons. The topological polar surface area (TPSA) is 64.3 Å². The van der Waals surface area contributed by atoms with Crippen LogP contribution in [0.15, 0.2) is 6.20 Å². The van der Waals surface area contributed by atoms with Crippen LogP contribution in [0.25, 0.3) is 0 Å². The Morgan fingerprint density at radius 1 is 1.43 bits per heavy atom. The third-order valence-electron chi connectivity index (χ3n) is 2.27. The van der Waals surface area contributed by atoms with Gasteiger partial charge in [-0.15, -0.1) is 0 Å². The van der Waals surface area contributed by atoms with Crippen LogP contribution in [0.1, 0.15) is 5.82 Å². The fourth-order valence-corrected chi connectivity index (χ4v) is 1.53. The number of hydrogen-bond acceptors (Lipinski definition) is 5. The molecule has 0 spiro atoms. The second kappa shape index (κ2) is 3.79. The maximum atomic E-state index is 5.82. The molecule has 0 atom stereocenters. The Balaban J connectivity index is 2.22. The smallest absolute Gasteiger partial charge is 0.150 e. The first-order valence-corrected chi connectivity index (χ1v) is 4.69. The summed E-state index contributed by atoms with van der Waals surface area (Å²) < 4.78 is 5.26. The predicted molar refractivity (Wildman–Crippen MR) is 54.2 cm³/mol. The lowest BCUT2D eigenvalue weighted by atomic mass is 10.3. The zero-order valence-corrected chi connectivity index (χ0v) is 8.23. The van der Waals surface area contributed by atoms with Crippen LogP contribution in [0.3, 0.4) is 0 Å². The lowest BCUT2D eigenvalue weighted by Gasteiger charge is -2.28. The van der Waals surface area contributed by atoms with Crippen LogP contribution in [-0.2, 0) is 4.74 Å². The molecule has 1 saturated heterocycles. The normalized spacial score (nSPS) is 17.1. The molecular formula is C9H14N4O. The molecule has 2 rings (SSSR count). The standard InChI is InChI=1S/C9H14N4O/c1-7-11-6-8(9(10)12-7)13-2-4-14-5-3-13/h6H,2-5H2,1H3,(H2,10,11,12). The molecule has 0 radical (unpaired) electrons. The first-order valence-electron chi connectivity index (χ1n) is 4.69. The second-order valence-electron chi connectivity index (χ2n) is 3.29. The molecule has 0 saturated carbocycles. The van der Waals surface area contributed by atoms with E-state index in [1.807, 2.05) is 6.92 Å². The van der Waals surface area contributed by atoms with E-state index < -0.39 is 0 Å². The molecule has 2 N–H and O–H groups in total. The summed E-state index contributed by atoms with van der Waals surface area (Å²) in [5, 5.41) is 0. The van der Waals surface area contributed by atoms with Gasteiger partial charge in [-0.1, -0.05) is 0 Å². The number of rotatable bonds is 1. The van der Waals surface area contributed by atoms with Gasteiger partial charge < -0.3 is 15.4 Å². The van der Waals surface area contributed by atoms with Crippen molar-refractivity contribution in [2.45, 2.75) is 6.92 Å². The van der Waals surface area contributed by atoms with E-state index in [1.54, 1.807) is 6.20 Å². The van der Waals surface area contributed by atoms with Crippen LogP contribution in [0.4, 0.5) is 11.5 Å². The highest BCUT2D eigenvalue weighted by atomic mass is 16.5. The number of nitrogens with two attached hydrogens (primary N) is 1. The predicted octanol–water partition coefficient (Wildman–Crippen LogP) is 0.204. The van der Waals surface area contributed by atoms with Gasteiger partial charge in [-0.25, -0.2) is 9.97 Å². The highest BCUT2D eigenvalue weighted by Gasteiger charge is 2.14. The maximum absolute atomic E-state index is 5.82. The van der Waals surface area contributed by atoms with Crippen LogP contribution in [0.2, 0.25) is 0 Å². The summed E-state index contributed by atoms with van der Waals surface area (Å²) in [7, 11) is 0. The van der Waals surface area contributed by atoms with E-state index >= 15 is 0 Å². The van der Waals surface area contributed by atoms with Crippen molar-refractivity contribution in [3.63, 3.8) is 0 Å². The number of nitrogen functional groups attached to an aromatic ring is 1. The van der Waals surface area contributed by atoms with E-state index in [1.165, 1.54) is 0 Å². The molecule has 5 nitrogen and oxygen atoms in total. The van der Waals surface area contributed by atoms with E-state index in [0.29, 0.717) is 11.6 Å². The lowest BCUT2D eigenvalue weighted by molar-refractivity contribution is 0.122. The molecule has 0 aliphatic carbocycles. The van der Waals surface area contributed by atoms with Crippen molar-refractivity contribution in [3.8, 4) is 0 Å². The van der Waals surface area contributed by atoms with E-state index in [-0.39, 0.29) is 0 Å². The summed E-state index contributed by atoms with van der Waals surface area (Å²) in [5.74, 6) is 1.26. The number of anilines is 2. The van der Waals surface area contributed by atoms with Gasteiger partial charge in [0.05, 0.1) is 25.1 Å². The molecule has 0 amide bonds. The molecule has 1 aromatic rings. The molecule has 1 fully saturated rings. The Labute approximate surface area is 82.9 Å². The first kappa shape index (κ1) is 9.21. The Kier molecular flexibility index (Phi) is 2.49. The number of nitrogens with zero attached hydrogens (tertiary/aromatic N) is 3. The molecule has 1 aromatic heterocycles. The van der Waals surface area contributed by atoms with Crippen molar-refractivity contribution in [1.29, 1.82) is 0 Å². The summed E-state index contributed by atoms with van der Waals surface area (Å²) in [6.07, 6.45) is 1.78. The van der Waals surface area contributed by atoms with E-state index in [4.69, 9.17) is 10.5 Å². The number of ether oxygens (including phenoxy) is 1. The quantitative estimate of drug-likeness (QED) is 0.692. The summed E-state index contributed by atoms with van der Waals surface area (Å²) in [4.78, 5) is 10.4. The minimum atomic E-state index is 0.555. The Bertz CT molecular complexity index is 323. The van der Waals surface area contributed by atoms with Crippen LogP contribution >= 0.6 is 0 Å². The van der Waals surface area contributed by atoms with Gasteiger partial charge >= 0.3 is 0 Å². The van der Waals surface area contributed by atoms with Crippen molar-refractivity contribution in [2.75, 3.05) is 36.9 Å². The second-order valence-corrected chi connectivity index (χ2v) is 3.29. The third-order valence-corrected chi connectivity index (χ3v) is 2.27. The SMILES string of the molecule is Cc1ncc(N2CCOCC2)c(N)n1. The Morgan fingerprint density at radius 3 is 2.79 bits per heavy atom. The number of aromatic nitrogens is 2. The van der Waals surface area contributed by atoms with Crippen molar-refractivity contribution in [2.24, 2.45) is 0 Å². The number of aryl methyl sites for hydroxylation is 1. The van der Waals surface area contributed by atoms with Gasteiger partial charge in [0.1, 0.15) is 5.82 Å². The summed E-state index contributed by atoms with van der Waals surface area (Å²) >= 11 is 0. The van der Waals surface area contributed by atoms with Crippen molar-refractivity contribution >= 4 is 11.5 Å².